The number of amides is 2. The molecule has 0 saturated carbocycles. The summed E-state index contributed by atoms with van der Waals surface area (Å²) in [5.74, 6) is 1.02. The summed E-state index contributed by atoms with van der Waals surface area (Å²) in [6, 6.07) is 7.01. The average Bonchev–Trinajstić information content (AvgIpc) is 2.44. The molecule has 1 aromatic rings. The van der Waals surface area contributed by atoms with E-state index in [4.69, 9.17) is 0 Å². The van der Waals surface area contributed by atoms with Gasteiger partial charge in [-0.3, -0.25) is 4.79 Å². The van der Waals surface area contributed by atoms with E-state index in [2.05, 4.69) is 11.6 Å². The van der Waals surface area contributed by atoms with Crippen molar-refractivity contribution < 1.29 is 9.59 Å². The summed E-state index contributed by atoms with van der Waals surface area (Å²) in [7, 11) is 1.79. The van der Waals surface area contributed by atoms with E-state index >= 15 is 0 Å². The van der Waals surface area contributed by atoms with E-state index in [9.17, 15) is 9.59 Å². The highest BCUT2D eigenvalue weighted by atomic mass is 32.2. The maximum Gasteiger partial charge on any atom is 0.321 e. The predicted octanol–water partition coefficient (Wildman–Crippen LogP) is 3.49. The van der Waals surface area contributed by atoms with E-state index in [1.807, 2.05) is 6.92 Å². The van der Waals surface area contributed by atoms with Crippen LogP contribution in [0.15, 0.2) is 24.3 Å². The number of thioether (sulfide) groups is 1. The number of urea groups is 1. The van der Waals surface area contributed by atoms with Crippen LogP contribution in [0.1, 0.15) is 30.6 Å². The van der Waals surface area contributed by atoms with E-state index in [0.717, 1.165) is 12.2 Å². The van der Waals surface area contributed by atoms with Gasteiger partial charge in [0.05, 0.1) is 0 Å². The lowest BCUT2D eigenvalue weighted by molar-refractivity contribution is 0.101. The van der Waals surface area contributed by atoms with Gasteiger partial charge < -0.3 is 10.2 Å². The summed E-state index contributed by atoms with van der Waals surface area (Å²) in [5.41, 5.74) is 1.24. The molecule has 0 aliphatic heterocycles. The molecule has 2 amide bonds. The van der Waals surface area contributed by atoms with Crippen molar-refractivity contribution in [2.24, 2.45) is 0 Å². The van der Waals surface area contributed by atoms with Gasteiger partial charge in [0.15, 0.2) is 5.78 Å². The Morgan fingerprint density at radius 3 is 2.70 bits per heavy atom. The fraction of sp³-hybridized carbons (Fsp3) is 0.467. The maximum absolute atomic E-state index is 12.1. The number of nitrogens with one attached hydrogen (secondary N) is 1. The van der Waals surface area contributed by atoms with Crippen molar-refractivity contribution in [3.8, 4) is 0 Å². The van der Waals surface area contributed by atoms with Crippen LogP contribution in [0.4, 0.5) is 10.5 Å². The molecule has 0 fully saturated rings. The molecular weight excluding hydrogens is 272 g/mol. The van der Waals surface area contributed by atoms with Crippen LogP contribution in [-0.2, 0) is 0 Å². The molecule has 0 saturated heterocycles. The molecule has 4 nitrogen and oxygen atoms in total. The van der Waals surface area contributed by atoms with Crippen molar-refractivity contribution in [1.29, 1.82) is 0 Å². The third kappa shape index (κ3) is 4.89. The zero-order valence-corrected chi connectivity index (χ0v) is 13.3. The molecule has 0 heterocycles. The first-order valence-corrected chi connectivity index (χ1v) is 7.99. The van der Waals surface area contributed by atoms with Crippen molar-refractivity contribution >= 4 is 29.3 Å². The van der Waals surface area contributed by atoms with Gasteiger partial charge in [0.25, 0.3) is 0 Å². The lowest BCUT2D eigenvalue weighted by atomic mass is 10.1. The first-order chi connectivity index (χ1) is 9.45. The predicted molar refractivity (Wildman–Crippen MR) is 85.7 cm³/mol. The molecule has 0 radical (unpaired) electrons. The van der Waals surface area contributed by atoms with Crippen LogP contribution in [-0.4, -0.2) is 41.8 Å². The Balaban J connectivity index is 2.65. The Hall–Kier alpha value is -1.49. The lowest BCUT2D eigenvalue weighted by Crippen LogP contribution is -2.38. The number of hydrogen-bond donors (Lipinski definition) is 1. The molecule has 0 spiro atoms. The number of carbonyl (C=O) groups excluding carboxylic acids is 2. The molecule has 1 aromatic carbocycles. The van der Waals surface area contributed by atoms with Crippen molar-refractivity contribution in [3.05, 3.63) is 29.8 Å². The van der Waals surface area contributed by atoms with Gasteiger partial charge >= 0.3 is 6.03 Å². The number of carbonyl (C=O) groups is 2. The third-order valence-corrected chi connectivity index (χ3v) is 3.89. The molecular formula is C15H22N2O2S. The minimum atomic E-state index is -0.153. The number of ketones is 1. The number of hydrogen-bond acceptors (Lipinski definition) is 3. The minimum Gasteiger partial charge on any atom is -0.325 e. The number of Topliss-reactive ketones (excluding diaryl/α,β-unsaturated/α-hetero) is 1. The summed E-state index contributed by atoms with van der Waals surface area (Å²) in [6.45, 7) is 3.54. The van der Waals surface area contributed by atoms with Gasteiger partial charge in [0.1, 0.15) is 0 Å². The summed E-state index contributed by atoms with van der Waals surface area (Å²) in [4.78, 5) is 25.1. The van der Waals surface area contributed by atoms with Crippen molar-refractivity contribution in [2.75, 3.05) is 24.4 Å². The number of rotatable bonds is 6. The molecule has 1 atom stereocenters. The summed E-state index contributed by atoms with van der Waals surface area (Å²) in [6.07, 6.45) is 3.01. The first-order valence-electron chi connectivity index (χ1n) is 6.59. The third-order valence-electron chi connectivity index (χ3n) is 3.24. The van der Waals surface area contributed by atoms with Crippen LogP contribution in [0, 0.1) is 0 Å². The quantitative estimate of drug-likeness (QED) is 0.817. The zero-order chi connectivity index (χ0) is 15.1. The SMILES string of the molecule is CSCCC(C)N(C)C(=O)Nc1cccc(C(C)=O)c1. The number of nitrogens with zero attached hydrogens (tertiary/aromatic N) is 1. The normalized spacial score (nSPS) is 11.8. The number of anilines is 1. The monoisotopic (exact) mass is 294 g/mol. The maximum atomic E-state index is 12.1. The molecule has 0 aliphatic rings. The highest BCUT2D eigenvalue weighted by molar-refractivity contribution is 7.98. The van der Waals surface area contributed by atoms with Crippen molar-refractivity contribution in [1.82, 2.24) is 4.90 Å². The fourth-order valence-corrected chi connectivity index (χ4v) is 2.29. The highest BCUT2D eigenvalue weighted by Gasteiger charge is 2.15. The van der Waals surface area contributed by atoms with Gasteiger partial charge in [-0.1, -0.05) is 12.1 Å². The Morgan fingerprint density at radius 1 is 1.40 bits per heavy atom. The van der Waals surface area contributed by atoms with Gasteiger partial charge in [-0.2, -0.15) is 11.8 Å². The average molecular weight is 294 g/mol. The van der Waals surface area contributed by atoms with Gasteiger partial charge in [-0.25, -0.2) is 4.79 Å². The van der Waals surface area contributed by atoms with Crippen LogP contribution in [0.5, 0.6) is 0 Å². The van der Waals surface area contributed by atoms with Gasteiger partial charge in [0.2, 0.25) is 0 Å². The zero-order valence-electron chi connectivity index (χ0n) is 12.5. The van der Waals surface area contributed by atoms with E-state index in [1.165, 1.54) is 6.92 Å². The molecule has 0 aromatic heterocycles. The molecule has 110 valence electrons. The topological polar surface area (TPSA) is 49.4 Å². The van der Waals surface area contributed by atoms with Crippen LogP contribution >= 0.6 is 11.8 Å². The Bertz CT molecular complexity index is 477. The van der Waals surface area contributed by atoms with Crippen molar-refractivity contribution in [3.63, 3.8) is 0 Å². The second-order valence-electron chi connectivity index (χ2n) is 4.81. The lowest BCUT2D eigenvalue weighted by Gasteiger charge is -2.25. The molecule has 0 bridgehead atoms. The highest BCUT2D eigenvalue weighted by Crippen LogP contribution is 2.13. The fourth-order valence-electron chi connectivity index (χ4n) is 1.71. The Kier molecular flexibility index (Phi) is 6.58. The van der Waals surface area contributed by atoms with E-state index < -0.39 is 0 Å². The Morgan fingerprint density at radius 2 is 2.10 bits per heavy atom. The van der Waals surface area contributed by atoms with Crippen molar-refractivity contribution in [2.45, 2.75) is 26.3 Å². The second kappa shape index (κ2) is 7.94. The van der Waals surface area contributed by atoms with Crippen LogP contribution in [0.2, 0.25) is 0 Å². The number of benzene rings is 1. The molecule has 1 N–H and O–H groups in total. The van der Waals surface area contributed by atoms with Gasteiger partial charge in [0, 0.05) is 24.3 Å². The molecule has 0 aliphatic carbocycles. The van der Waals surface area contributed by atoms with E-state index in [-0.39, 0.29) is 17.9 Å². The molecule has 1 rings (SSSR count). The van der Waals surface area contributed by atoms with Gasteiger partial charge in [-0.05, 0) is 44.4 Å². The summed E-state index contributed by atoms with van der Waals surface area (Å²) >= 11 is 1.77. The first kappa shape index (κ1) is 16.6. The minimum absolute atomic E-state index is 0.0113. The second-order valence-corrected chi connectivity index (χ2v) is 5.79. The van der Waals surface area contributed by atoms with Crippen LogP contribution in [0.25, 0.3) is 0 Å². The van der Waals surface area contributed by atoms with Gasteiger partial charge in [-0.15, -0.1) is 0 Å². The summed E-state index contributed by atoms with van der Waals surface area (Å²) in [5, 5.41) is 2.82. The van der Waals surface area contributed by atoms with Crippen LogP contribution < -0.4 is 5.32 Å². The molecule has 20 heavy (non-hydrogen) atoms. The summed E-state index contributed by atoms with van der Waals surface area (Å²) < 4.78 is 0. The van der Waals surface area contributed by atoms with E-state index in [1.54, 1.807) is 48.0 Å². The molecule has 5 heteroatoms. The smallest absolute Gasteiger partial charge is 0.321 e. The Labute approximate surface area is 124 Å². The van der Waals surface area contributed by atoms with Crippen LogP contribution in [0.3, 0.4) is 0 Å². The largest absolute Gasteiger partial charge is 0.325 e. The van der Waals surface area contributed by atoms with E-state index in [0.29, 0.717) is 11.3 Å². The molecule has 1 unspecified atom stereocenters. The standard InChI is InChI=1S/C15H22N2O2S/c1-11(8-9-20-4)17(3)15(19)16-14-7-5-6-13(10-14)12(2)18/h5-7,10-11H,8-9H2,1-4H3,(H,16,19).